The van der Waals surface area contributed by atoms with Gasteiger partial charge in [-0.1, -0.05) is 20.8 Å². The lowest BCUT2D eigenvalue weighted by Gasteiger charge is -2.29. The van der Waals surface area contributed by atoms with Crippen molar-refractivity contribution in [3.8, 4) is 0 Å². The number of piperidine rings is 1. The van der Waals surface area contributed by atoms with Gasteiger partial charge in [-0.3, -0.25) is 0 Å². The predicted octanol–water partition coefficient (Wildman–Crippen LogP) is 2.42. The summed E-state index contributed by atoms with van der Waals surface area (Å²) in [6.07, 6.45) is 4.19. The minimum atomic E-state index is 0.518. The summed E-state index contributed by atoms with van der Waals surface area (Å²) in [5.41, 5.74) is 0.518. The molecule has 1 heteroatoms. The van der Waals surface area contributed by atoms with Gasteiger partial charge in [-0.05, 0) is 43.7 Å². The van der Waals surface area contributed by atoms with E-state index >= 15 is 0 Å². The van der Waals surface area contributed by atoms with Crippen LogP contribution in [-0.2, 0) is 0 Å². The SMILES string of the molecule is CC(C)(C)CC1CCCNC1. The Balaban J connectivity index is 2.24. The van der Waals surface area contributed by atoms with Crippen LogP contribution in [-0.4, -0.2) is 13.1 Å². The lowest BCUT2D eigenvalue weighted by Crippen LogP contribution is -2.31. The van der Waals surface area contributed by atoms with Crippen LogP contribution in [0.2, 0.25) is 0 Å². The Hall–Kier alpha value is -0.0400. The van der Waals surface area contributed by atoms with E-state index < -0.39 is 0 Å². The summed E-state index contributed by atoms with van der Waals surface area (Å²) >= 11 is 0. The minimum Gasteiger partial charge on any atom is -0.316 e. The van der Waals surface area contributed by atoms with Crippen LogP contribution in [0.4, 0.5) is 0 Å². The van der Waals surface area contributed by atoms with Crippen molar-refractivity contribution >= 4 is 0 Å². The van der Waals surface area contributed by atoms with Gasteiger partial charge < -0.3 is 5.32 Å². The zero-order chi connectivity index (χ0) is 8.32. The molecule has 1 rings (SSSR count). The number of hydrogen-bond acceptors (Lipinski definition) is 1. The van der Waals surface area contributed by atoms with Crippen molar-refractivity contribution in [3.05, 3.63) is 0 Å². The molecule has 0 aromatic heterocycles. The van der Waals surface area contributed by atoms with Crippen molar-refractivity contribution in [2.75, 3.05) is 13.1 Å². The van der Waals surface area contributed by atoms with Gasteiger partial charge in [-0.15, -0.1) is 0 Å². The number of rotatable bonds is 1. The molecule has 1 heterocycles. The van der Waals surface area contributed by atoms with Crippen LogP contribution in [0, 0.1) is 11.3 Å². The first-order valence-corrected chi connectivity index (χ1v) is 4.79. The van der Waals surface area contributed by atoms with Gasteiger partial charge in [-0.2, -0.15) is 0 Å². The smallest absolute Gasteiger partial charge is 0.00203 e. The summed E-state index contributed by atoms with van der Waals surface area (Å²) in [6.45, 7) is 9.49. The molecule has 1 atom stereocenters. The van der Waals surface area contributed by atoms with E-state index in [0.717, 1.165) is 5.92 Å². The van der Waals surface area contributed by atoms with Gasteiger partial charge in [0.05, 0.1) is 0 Å². The molecule has 0 aromatic carbocycles. The van der Waals surface area contributed by atoms with E-state index in [4.69, 9.17) is 0 Å². The Morgan fingerprint density at radius 1 is 1.36 bits per heavy atom. The largest absolute Gasteiger partial charge is 0.316 e. The van der Waals surface area contributed by atoms with E-state index in [1.54, 1.807) is 0 Å². The summed E-state index contributed by atoms with van der Waals surface area (Å²) < 4.78 is 0. The summed E-state index contributed by atoms with van der Waals surface area (Å²) in [7, 11) is 0. The third-order valence-corrected chi connectivity index (χ3v) is 2.30. The van der Waals surface area contributed by atoms with Gasteiger partial charge in [0.2, 0.25) is 0 Å². The minimum absolute atomic E-state index is 0.518. The lowest BCUT2D eigenvalue weighted by molar-refractivity contribution is 0.251. The molecule has 0 aliphatic carbocycles. The molecular formula is C10H21N. The third kappa shape index (κ3) is 3.76. The zero-order valence-electron chi connectivity index (χ0n) is 8.11. The fourth-order valence-electron chi connectivity index (χ4n) is 1.96. The van der Waals surface area contributed by atoms with Gasteiger partial charge in [0.15, 0.2) is 0 Å². The molecule has 1 fully saturated rings. The molecule has 0 amide bonds. The van der Waals surface area contributed by atoms with Crippen LogP contribution in [0.15, 0.2) is 0 Å². The molecular weight excluding hydrogens is 134 g/mol. The van der Waals surface area contributed by atoms with Crippen LogP contribution in [0.25, 0.3) is 0 Å². The standard InChI is InChI=1S/C10H21N/c1-10(2,3)7-9-5-4-6-11-8-9/h9,11H,4-8H2,1-3H3. The highest BCUT2D eigenvalue weighted by Crippen LogP contribution is 2.27. The molecule has 11 heavy (non-hydrogen) atoms. The Morgan fingerprint density at radius 2 is 2.09 bits per heavy atom. The quantitative estimate of drug-likeness (QED) is 0.613. The topological polar surface area (TPSA) is 12.0 Å². The molecule has 0 radical (unpaired) electrons. The molecule has 1 unspecified atom stereocenters. The number of nitrogens with one attached hydrogen (secondary N) is 1. The van der Waals surface area contributed by atoms with E-state index in [-0.39, 0.29) is 0 Å². The first kappa shape index (κ1) is 9.05. The molecule has 1 aliphatic rings. The highest BCUT2D eigenvalue weighted by Gasteiger charge is 2.19. The highest BCUT2D eigenvalue weighted by atomic mass is 14.9. The van der Waals surface area contributed by atoms with Gasteiger partial charge in [0.1, 0.15) is 0 Å². The summed E-state index contributed by atoms with van der Waals surface area (Å²) in [6, 6.07) is 0. The maximum Gasteiger partial charge on any atom is -0.00203 e. The zero-order valence-corrected chi connectivity index (χ0v) is 8.11. The first-order chi connectivity index (χ1) is 5.08. The van der Waals surface area contributed by atoms with E-state index in [9.17, 15) is 0 Å². The molecule has 0 aromatic rings. The summed E-state index contributed by atoms with van der Waals surface area (Å²) in [5.74, 6) is 0.934. The van der Waals surface area contributed by atoms with Crippen LogP contribution < -0.4 is 5.32 Å². The van der Waals surface area contributed by atoms with Crippen molar-refractivity contribution in [2.24, 2.45) is 11.3 Å². The molecule has 1 nitrogen and oxygen atoms in total. The van der Waals surface area contributed by atoms with E-state index in [1.165, 1.54) is 32.4 Å². The van der Waals surface area contributed by atoms with Crippen LogP contribution in [0.1, 0.15) is 40.0 Å². The van der Waals surface area contributed by atoms with E-state index in [2.05, 4.69) is 26.1 Å². The van der Waals surface area contributed by atoms with E-state index in [0.29, 0.717) is 5.41 Å². The van der Waals surface area contributed by atoms with Crippen LogP contribution in [0.5, 0.6) is 0 Å². The molecule has 1 aliphatic heterocycles. The predicted molar refractivity (Wildman–Crippen MR) is 49.7 cm³/mol. The van der Waals surface area contributed by atoms with Crippen molar-refractivity contribution in [3.63, 3.8) is 0 Å². The second-order valence-electron chi connectivity index (χ2n) is 4.98. The molecule has 0 spiro atoms. The number of hydrogen-bond donors (Lipinski definition) is 1. The Kier molecular flexibility index (Phi) is 2.94. The Morgan fingerprint density at radius 3 is 2.55 bits per heavy atom. The molecule has 0 bridgehead atoms. The lowest BCUT2D eigenvalue weighted by atomic mass is 9.82. The van der Waals surface area contributed by atoms with Gasteiger partial charge in [0.25, 0.3) is 0 Å². The Labute approximate surface area is 70.6 Å². The maximum atomic E-state index is 3.46. The fraction of sp³-hybridized carbons (Fsp3) is 1.00. The molecule has 66 valence electrons. The van der Waals surface area contributed by atoms with Gasteiger partial charge >= 0.3 is 0 Å². The van der Waals surface area contributed by atoms with Crippen molar-refractivity contribution in [1.82, 2.24) is 5.32 Å². The molecule has 0 saturated carbocycles. The first-order valence-electron chi connectivity index (χ1n) is 4.79. The summed E-state index contributed by atoms with van der Waals surface area (Å²) in [5, 5.41) is 3.46. The highest BCUT2D eigenvalue weighted by molar-refractivity contribution is 4.74. The van der Waals surface area contributed by atoms with Crippen molar-refractivity contribution < 1.29 is 0 Å². The second kappa shape index (κ2) is 3.57. The maximum absolute atomic E-state index is 3.46. The summed E-state index contributed by atoms with van der Waals surface area (Å²) in [4.78, 5) is 0. The van der Waals surface area contributed by atoms with Crippen LogP contribution in [0.3, 0.4) is 0 Å². The van der Waals surface area contributed by atoms with E-state index in [1.807, 2.05) is 0 Å². The van der Waals surface area contributed by atoms with Crippen molar-refractivity contribution in [2.45, 2.75) is 40.0 Å². The fourth-order valence-corrected chi connectivity index (χ4v) is 1.96. The normalized spacial score (nSPS) is 27.0. The molecule has 1 saturated heterocycles. The monoisotopic (exact) mass is 155 g/mol. The van der Waals surface area contributed by atoms with Crippen molar-refractivity contribution in [1.29, 1.82) is 0 Å². The van der Waals surface area contributed by atoms with Crippen LogP contribution >= 0.6 is 0 Å². The third-order valence-electron chi connectivity index (χ3n) is 2.30. The second-order valence-corrected chi connectivity index (χ2v) is 4.98. The Bertz CT molecular complexity index is 107. The van der Waals surface area contributed by atoms with Gasteiger partial charge in [-0.25, -0.2) is 0 Å². The van der Waals surface area contributed by atoms with Gasteiger partial charge in [0, 0.05) is 0 Å². The average molecular weight is 155 g/mol. The average Bonchev–Trinajstić information content (AvgIpc) is 1.85. The molecule has 1 N–H and O–H groups in total.